The molecule has 1 aromatic carbocycles. The monoisotopic (exact) mass is 490 g/mol. The standard InChI is InChI=1S/C21H20BrClN4OS/c22-16-3-6-19(24-11-16)26-20(28)14-7-9-27(10-8-14)12-18-13-29-21(25-18)15-1-4-17(23)5-2-15/h1-6,11,13-14H,7-10,12H2,(H,24,26,28). The van der Waals surface area contributed by atoms with Gasteiger partial charge in [-0.3, -0.25) is 9.69 Å². The van der Waals surface area contributed by atoms with E-state index < -0.39 is 0 Å². The highest BCUT2D eigenvalue weighted by Gasteiger charge is 2.25. The number of hydrogen-bond acceptors (Lipinski definition) is 5. The first-order valence-electron chi connectivity index (χ1n) is 9.42. The molecule has 0 unspecified atom stereocenters. The fourth-order valence-corrected chi connectivity index (χ4v) is 4.54. The van der Waals surface area contributed by atoms with Gasteiger partial charge in [0.05, 0.1) is 5.69 Å². The molecule has 150 valence electrons. The summed E-state index contributed by atoms with van der Waals surface area (Å²) < 4.78 is 0.894. The third-order valence-corrected chi connectivity index (χ3v) is 6.63. The predicted octanol–water partition coefficient (Wildman–Crippen LogP) is 5.47. The Morgan fingerprint density at radius 1 is 1.21 bits per heavy atom. The summed E-state index contributed by atoms with van der Waals surface area (Å²) in [6.07, 6.45) is 3.37. The number of rotatable bonds is 5. The Kier molecular flexibility index (Phi) is 6.60. The number of pyridine rings is 1. The van der Waals surface area contributed by atoms with Gasteiger partial charge in [0.1, 0.15) is 10.8 Å². The molecule has 0 atom stereocenters. The van der Waals surface area contributed by atoms with Crippen molar-refractivity contribution in [3.8, 4) is 10.6 Å². The Morgan fingerprint density at radius 3 is 2.66 bits per heavy atom. The van der Waals surface area contributed by atoms with Crippen LogP contribution in [-0.2, 0) is 11.3 Å². The summed E-state index contributed by atoms with van der Waals surface area (Å²) in [5, 5.41) is 6.77. The van der Waals surface area contributed by atoms with Crippen molar-refractivity contribution < 1.29 is 4.79 Å². The SMILES string of the molecule is O=C(Nc1ccc(Br)cn1)C1CCN(Cc2csc(-c3ccc(Cl)cc3)n2)CC1. The van der Waals surface area contributed by atoms with E-state index in [1.807, 2.05) is 30.3 Å². The predicted molar refractivity (Wildman–Crippen MR) is 121 cm³/mol. The van der Waals surface area contributed by atoms with Gasteiger partial charge in [0.2, 0.25) is 5.91 Å². The van der Waals surface area contributed by atoms with Gasteiger partial charge in [-0.2, -0.15) is 0 Å². The molecular weight excluding hydrogens is 472 g/mol. The van der Waals surface area contributed by atoms with Crippen molar-refractivity contribution in [3.05, 3.63) is 63.2 Å². The lowest BCUT2D eigenvalue weighted by molar-refractivity contribution is -0.121. The summed E-state index contributed by atoms with van der Waals surface area (Å²) in [6, 6.07) is 11.4. The van der Waals surface area contributed by atoms with E-state index in [0.717, 1.165) is 58.2 Å². The molecule has 0 aliphatic carbocycles. The van der Waals surface area contributed by atoms with E-state index >= 15 is 0 Å². The van der Waals surface area contributed by atoms with Gasteiger partial charge in [0.25, 0.3) is 0 Å². The minimum absolute atomic E-state index is 0.0248. The Bertz CT molecular complexity index is 969. The van der Waals surface area contributed by atoms with Gasteiger partial charge in [0.15, 0.2) is 0 Å². The lowest BCUT2D eigenvalue weighted by atomic mass is 9.96. The van der Waals surface area contributed by atoms with E-state index in [0.29, 0.717) is 5.82 Å². The molecule has 1 fully saturated rings. The van der Waals surface area contributed by atoms with Gasteiger partial charge < -0.3 is 5.32 Å². The molecule has 1 aliphatic heterocycles. The molecule has 0 saturated carbocycles. The number of carbonyl (C=O) groups is 1. The average Bonchev–Trinajstić information content (AvgIpc) is 3.19. The van der Waals surface area contributed by atoms with Gasteiger partial charge in [-0.25, -0.2) is 9.97 Å². The number of nitrogens with zero attached hydrogens (tertiary/aromatic N) is 3. The fourth-order valence-electron chi connectivity index (χ4n) is 3.37. The van der Waals surface area contributed by atoms with Crippen molar-refractivity contribution in [2.75, 3.05) is 18.4 Å². The third kappa shape index (κ3) is 5.42. The van der Waals surface area contributed by atoms with E-state index in [4.69, 9.17) is 16.6 Å². The first-order chi connectivity index (χ1) is 14.1. The number of amides is 1. The number of thiazole rings is 1. The average molecular weight is 492 g/mol. The van der Waals surface area contributed by atoms with Gasteiger partial charge in [-0.1, -0.05) is 23.7 Å². The molecule has 29 heavy (non-hydrogen) atoms. The van der Waals surface area contributed by atoms with Crippen molar-refractivity contribution in [1.82, 2.24) is 14.9 Å². The zero-order chi connectivity index (χ0) is 20.2. The van der Waals surface area contributed by atoms with E-state index in [9.17, 15) is 4.79 Å². The van der Waals surface area contributed by atoms with Crippen LogP contribution in [0.15, 0.2) is 52.4 Å². The highest BCUT2D eigenvalue weighted by atomic mass is 79.9. The molecular formula is C21H20BrClN4OS. The topological polar surface area (TPSA) is 58.1 Å². The van der Waals surface area contributed by atoms with Crippen LogP contribution in [0.1, 0.15) is 18.5 Å². The number of aromatic nitrogens is 2. The first kappa shape index (κ1) is 20.5. The largest absolute Gasteiger partial charge is 0.310 e. The highest BCUT2D eigenvalue weighted by Crippen LogP contribution is 2.27. The summed E-state index contributed by atoms with van der Waals surface area (Å²) in [4.78, 5) is 23.8. The minimum atomic E-state index is 0.0248. The lowest BCUT2D eigenvalue weighted by Gasteiger charge is -2.30. The number of hydrogen-bond donors (Lipinski definition) is 1. The summed E-state index contributed by atoms with van der Waals surface area (Å²) in [5.74, 6) is 0.674. The Balaban J connectivity index is 1.28. The Morgan fingerprint density at radius 2 is 1.97 bits per heavy atom. The van der Waals surface area contributed by atoms with E-state index in [1.54, 1.807) is 23.6 Å². The second-order valence-electron chi connectivity index (χ2n) is 7.05. The van der Waals surface area contributed by atoms with Crippen LogP contribution >= 0.6 is 38.9 Å². The molecule has 1 amide bonds. The molecule has 2 aromatic heterocycles. The molecule has 3 aromatic rings. The summed E-state index contributed by atoms with van der Waals surface area (Å²) in [7, 11) is 0. The molecule has 1 N–H and O–H groups in total. The van der Waals surface area contributed by atoms with Crippen LogP contribution in [0, 0.1) is 5.92 Å². The molecule has 1 saturated heterocycles. The second-order valence-corrected chi connectivity index (χ2v) is 9.26. The normalized spacial score (nSPS) is 15.4. The maximum atomic E-state index is 12.5. The van der Waals surface area contributed by atoms with Crippen LogP contribution in [0.5, 0.6) is 0 Å². The van der Waals surface area contributed by atoms with Crippen LogP contribution < -0.4 is 5.32 Å². The van der Waals surface area contributed by atoms with Crippen LogP contribution in [-0.4, -0.2) is 33.9 Å². The van der Waals surface area contributed by atoms with Crippen LogP contribution in [0.3, 0.4) is 0 Å². The molecule has 0 radical (unpaired) electrons. The number of anilines is 1. The molecule has 1 aliphatic rings. The van der Waals surface area contributed by atoms with Gasteiger partial charge >= 0.3 is 0 Å². The van der Waals surface area contributed by atoms with Crippen LogP contribution in [0.25, 0.3) is 10.6 Å². The molecule has 3 heterocycles. The molecule has 0 spiro atoms. The van der Waals surface area contributed by atoms with E-state index in [2.05, 4.69) is 36.5 Å². The van der Waals surface area contributed by atoms with Crippen molar-refractivity contribution >= 4 is 50.6 Å². The number of nitrogens with one attached hydrogen (secondary N) is 1. The molecule has 0 bridgehead atoms. The van der Waals surface area contributed by atoms with Crippen molar-refractivity contribution in [1.29, 1.82) is 0 Å². The quantitative estimate of drug-likeness (QED) is 0.514. The molecule has 8 heteroatoms. The Labute approximate surface area is 187 Å². The number of benzene rings is 1. The number of piperidine rings is 1. The zero-order valence-corrected chi connectivity index (χ0v) is 18.8. The van der Waals surface area contributed by atoms with Crippen LogP contribution in [0.4, 0.5) is 5.82 Å². The fraction of sp³-hybridized carbons (Fsp3) is 0.286. The zero-order valence-electron chi connectivity index (χ0n) is 15.6. The Hall–Kier alpha value is -1.80. The smallest absolute Gasteiger partial charge is 0.228 e. The number of likely N-dealkylation sites (tertiary alicyclic amines) is 1. The van der Waals surface area contributed by atoms with E-state index in [-0.39, 0.29) is 11.8 Å². The van der Waals surface area contributed by atoms with Gasteiger partial charge in [-0.15, -0.1) is 11.3 Å². The summed E-state index contributed by atoms with van der Waals surface area (Å²) in [6.45, 7) is 2.59. The van der Waals surface area contributed by atoms with Crippen molar-refractivity contribution in [3.63, 3.8) is 0 Å². The minimum Gasteiger partial charge on any atom is -0.310 e. The molecule has 4 rings (SSSR count). The maximum absolute atomic E-state index is 12.5. The maximum Gasteiger partial charge on any atom is 0.228 e. The first-order valence-corrected chi connectivity index (χ1v) is 11.5. The number of halogens is 2. The second kappa shape index (κ2) is 9.34. The van der Waals surface area contributed by atoms with E-state index in [1.165, 1.54) is 0 Å². The lowest BCUT2D eigenvalue weighted by Crippen LogP contribution is -2.37. The van der Waals surface area contributed by atoms with Crippen molar-refractivity contribution in [2.45, 2.75) is 19.4 Å². The van der Waals surface area contributed by atoms with Gasteiger partial charge in [-0.05, 0) is 66.1 Å². The number of carbonyl (C=O) groups excluding carboxylic acids is 1. The van der Waals surface area contributed by atoms with Crippen molar-refractivity contribution in [2.24, 2.45) is 5.92 Å². The summed E-state index contributed by atoms with van der Waals surface area (Å²) >= 11 is 11.0. The van der Waals surface area contributed by atoms with Crippen LogP contribution in [0.2, 0.25) is 5.02 Å². The molecule has 5 nitrogen and oxygen atoms in total. The van der Waals surface area contributed by atoms with Gasteiger partial charge in [0, 0.05) is 39.1 Å². The highest BCUT2D eigenvalue weighted by molar-refractivity contribution is 9.10. The summed E-state index contributed by atoms with van der Waals surface area (Å²) in [5.41, 5.74) is 2.16. The third-order valence-electron chi connectivity index (χ3n) is 4.97.